The summed E-state index contributed by atoms with van der Waals surface area (Å²) in [5, 5.41) is 3.74. The number of alkyl halides is 3. The average Bonchev–Trinajstić information content (AvgIpc) is 2.83. The minimum atomic E-state index is -4.51. The van der Waals surface area contributed by atoms with Crippen molar-refractivity contribution in [2.75, 3.05) is 39.6 Å². The summed E-state index contributed by atoms with van der Waals surface area (Å²) >= 11 is 6.08. The Morgan fingerprint density at radius 1 is 1.29 bits per heavy atom. The largest absolute Gasteiger partial charge is 0.481 e. The van der Waals surface area contributed by atoms with E-state index in [1.54, 1.807) is 13.2 Å². The lowest BCUT2D eigenvalue weighted by Gasteiger charge is -2.37. The highest BCUT2D eigenvalue weighted by atomic mass is 35.5. The summed E-state index contributed by atoms with van der Waals surface area (Å²) in [7, 11) is 3.08. The second-order valence-electron chi connectivity index (χ2n) is 8.12. The van der Waals surface area contributed by atoms with Crippen molar-refractivity contribution in [2.24, 2.45) is 0 Å². The number of hydrogen-bond donors (Lipinski definition) is 2. The maximum atomic E-state index is 13.1. The van der Waals surface area contributed by atoms with Crippen LogP contribution in [0.4, 0.5) is 19.0 Å². The molecule has 3 N–H and O–H groups in total. The molecule has 0 unspecified atom stereocenters. The number of carbonyl (C=O) groups is 1. The van der Waals surface area contributed by atoms with E-state index in [4.69, 9.17) is 31.5 Å². The van der Waals surface area contributed by atoms with Crippen LogP contribution in [-0.2, 0) is 33.6 Å². The molecule has 2 heterocycles. The molecule has 0 radical (unpaired) electrons. The molecule has 0 bridgehead atoms. The summed E-state index contributed by atoms with van der Waals surface area (Å²) in [6.07, 6.45) is -4.08. The van der Waals surface area contributed by atoms with Gasteiger partial charge >= 0.3 is 12.1 Å². The van der Waals surface area contributed by atoms with Gasteiger partial charge in [0.2, 0.25) is 5.88 Å². The molecule has 1 aliphatic rings. The molecular weight excluding hydrogens is 489 g/mol. The Kier molecular flexibility index (Phi) is 9.17. The number of nitrogen functional groups attached to an aromatic ring is 1. The fraction of sp³-hybridized carbons (Fsp3) is 0.478. The molecule has 0 spiro atoms. The lowest BCUT2D eigenvalue weighted by molar-refractivity contribution is -0.149. The fourth-order valence-corrected chi connectivity index (χ4v) is 4.15. The fourth-order valence-electron chi connectivity index (χ4n) is 3.97. The molecular formula is C23H28ClF3N4O4. The maximum Gasteiger partial charge on any atom is 0.416 e. The molecule has 2 aromatic rings. The number of nitrogens with zero attached hydrogens (tertiary/aromatic N) is 2. The molecule has 3 rings (SSSR count). The number of esters is 1. The quantitative estimate of drug-likeness (QED) is 0.490. The van der Waals surface area contributed by atoms with Crippen molar-refractivity contribution in [1.82, 2.24) is 15.2 Å². The van der Waals surface area contributed by atoms with Crippen molar-refractivity contribution >= 4 is 23.4 Å². The van der Waals surface area contributed by atoms with Crippen LogP contribution in [0.5, 0.6) is 5.88 Å². The molecule has 12 heteroatoms. The molecule has 0 saturated carbocycles. The third-order valence-electron chi connectivity index (χ3n) is 5.80. The number of methoxy groups -OCH3 is 2. The van der Waals surface area contributed by atoms with Gasteiger partial charge in [0.1, 0.15) is 12.4 Å². The van der Waals surface area contributed by atoms with Crippen molar-refractivity contribution in [3.05, 3.63) is 52.0 Å². The van der Waals surface area contributed by atoms with Gasteiger partial charge in [0, 0.05) is 43.9 Å². The van der Waals surface area contributed by atoms with Crippen molar-refractivity contribution in [1.29, 1.82) is 0 Å². The van der Waals surface area contributed by atoms with Crippen LogP contribution >= 0.6 is 11.6 Å². The van der Waals surface area contributed by atoms with Crippen molar-refractivity contribution < 1.29 is 32.2 Å². The van der Waals surface area contributed by atoms with E-state index in [-0.39, 0.29) is 30.1 Å². The zero-order valence-corrected chi connectivity index (χ0v) is 20.2. The van der Waals surface area contributed by atoms with E-state index in [0.717, 1.165) is 11.6 Å². The second kappa shape index (κ2) is 11.9. The molecule has 2 atom stereocenters. The number of aromatic nitrogens is 1. The summed E-state index contributed by atoms with van der Waals surface area (Å²) in [5.74, 6) is -0.0414. The maximum absolute atomic E-state index is 13.1. The highest BCUT2D eigenvalue weighted by molar-refractivity contribution is 6.32. The summed E-state index contributed by atoms with van der Waals surface area (Å²) in [6, 6.07) is 6.71. The van der Waals surface area contributed by atoms with E-state index in [0.29, 0.717) is 37.0 Å². The lowest BCUT2D eigenvalue weighted by atomic mass is 10.0. The normalized spacial score (nSPS) is 18.9. The Balaban J connectivity index is 1.52. The number of nitrogens with one attached hydrogen (secondary N) is 1. The Morgan fingerprint density at radius 2 is 2.03 bits per heavy atom. The highest BCUT2D eigenvalue weighted by Crippen LogP contribution is 2.32. The van der Waals surface area contributed by atoms with Gasteiger partial charge < -0.3 is 25.3 Å². The predicted molar refractivity (Wildman–Crippen MR) is 124 cm³/mol. The Hall–Kier alpha value is -2.60. The van der Waals surface area contributed by atoms with Crippen LogP contribution in [0.3, 0.4) is 0 Å². The van der Waals surface area contributed by atoms with E-state index in [9.17, 15) is 18.0 Å². The number of anilines is 1. The molecule has 1 saturated heterocycles. The number of rotatable bonds is 9. The summed E-state index contributed by atoms with van der Waals surface area (Å²) < 4.78 is 55.4. The molecule has 35 heavy (non-hydrogen) atoms. The molecule has 1 aliphatic heterocycles. The van der Waals surface area contributed by atoms with Crippen LogP contribution in [0, 0.1) is 0 Å². The number of piperidine rings is 1. The number of ether oxygens (including phenoxy) is 3. The third-order valence-corrected chi connectivity index (χ3v) is 6.10. The molecule has 0 aliphatic carbocycles. The Labute approximate surface area is 206 Å². The molecule has 192 valence electrons. The SMILES string of the molecule is COc1nc(N)c(Cl)cc1CN[C@H]1CCN(CC(=O)OCc2ccccc2C(F)(F)F)C[C@H]1OC. The van der Waals surface area contributed by atoms with Gasteiger partial charge in [-0.25, -0.2) is 0 Å². The summed E-state index contributed by atoms with van der Waals surface area (Å²) in [4.78, 5) is 18.3. The number of carbonyl (C=O) groups excluding carboxylic acids is 1. The smallest absolute Gasteiger partial charge is 0.416 e. The van der Waals surface area contributed by atoms with Gasteiger partial charge in [0.15, 0.2) is 0 Å². The number of benzene rings is 1. The first-order valence-electron chi connectivity index (χ1n) is 10.9. The highest BCUT2D eigenvalue weighted by Gasteiger charge is 2.34. The average molecular weight is 517 g/mol. The first kappa shape index (κ1) is 27.0. The summed E-state index contributed by atoms with van der Waals surface area (Å²) in [5.41, 5.74) is 5.57. The standard InChI is InChI=1S/C23H28ClF3N4O4/c1-33-19-11-31(12-20(32)35-13-14-5-3-4-6-16(14)23(25,26)27)8-7-18(19)29-10-15-9-17(24)21(28)30-22(15)34-2/h3-6,9,18-19,29H,7-8,10-13H2,1-2H3,(H2,28,30)/t18-,19+/m0/s1. The van der Waals surface area contributed by atoms with Gasteiger partial charge in [0.25, 0.3) is 0 Å². The van der Waals surface area contributed by atoms with Crippen LogP contribution in [0.15, 0.2) is 30.3 Å². The van der Waals surface area contributed by atoms with Gasteiger partial charge in [-0.15, -0.1) is 0 Å². The molecule has 1 aromatic heterocycles. The summed E-state index contributed by atoms with van der Waals surface area (Å²) in [6.45, 7) is 0.942. The van der Waals surface area contributed by atoms with Crippen LogP contribution in [0.1, 0.15) is 23.1 Å². The predicted octanol–water partition coefficient (Wildman–Crippen LogP) is 3.27. The van der Waals surface area contributed by atoms with Gasteiger partial charge in [-0.1, -0.05) is 29.8 Å². The Morgan fingerprint density at radius 3 is 2.71 bits per heavy atom. The minimum absolute atomic E-state index is 0.0213. The van der Waals surface area contributed by atoms with Gasteiger partial charge in [-0.05, 0) is 18.6 Å². The molecule has 0 amide bonds. The van der Waals surface area contributed by atoms with E-state index < -0.39 is 24.3 Å². The van der Waals surface area contributed by atoms with Gasteiger partial charge in [-0.3, -0.25) is 9.69 Å². The minimum Gasteiger partial charge on any atom is -0.481 e. The van der Waals surface area contributed by atoms with E-state index in [1.807, 2.05) is 4.90 Å². The number of likely N-dealkylation sites (tertiary alicyclic amines) is 1. The molecule has 8 nitrogen and oxygen atoms in total. The molecule has 1 fully saturated rings. The van der Waals surface area contributed by atoms with Crippen molar-refractivity contribution in [2.45, 2.75) is 37.9 Å². The van der Waals surface area contributed by atoms with Crippen LogP contribution in [0.25, 0.3) is 0 Å². The van der Waals surface area contributed by atoms with E-state index >= 15 is 0 Å². The van der Waals surface area contributed by atoms with Crippen molar-refractivity contribution in [3.63, 3.8) is 0 Å². The third kappa shape index (κ3) is 7.20. The van der Waals surface area contributed by atoms with E-state index in [1.165, 1.54) is 25.3 Å². The Bertz CT molecular complexity index is 1020. The topological polar surface area (TPSA) is 98.9 Å². The second-order valence-corrected chi connectivity index (χ2v) is 8.53. The zero-order chi connectivity index (χ0) is 25.6. The first-order valence-corrected chi connectivity index (χ1v) is 11.3. The number of nitrogens with two attached hydrogens (primary N) is 1. The molecule has 1 aromatic carbocycles. The van der Waals surface area contributed by atoms with Gasteiger partial charge in [-0.2, -0.15) is 18.2 Å². The monoisotopic (exact) mass is 516 g/mol. The number of halogens is 4. The number of pyridine rings is 1. The zero-order valence-electron chi connectivity index (χ0n) is 19.4. The number of hydrogen-bond acceptors (Lipinski definition) is 8. The van der Waals surface area contributed by atoms with Crippen molar-refractivity contribution in [3.8, 4) is 5.88 Å². The van der Waals surface area contributed by atoms with Crippen LogP contribution in [-0.4, -0.2) is 61.9 Å². The first-order chi connectivity index (χ1) is 16.6. The van der Waals surface area contributed by atoms with Crippen LogP contribution < -0.4 is 15.8 Å². The van der Waals surface area contributed by atoms with Gasteiger partial charge in [0.05, 0.1) is 30.3 Å². The van der Waals surface area contributed by atoms with Crippen LogP contribution in [0.2, 0.25) is 5.02 Å². The lowest BCUT2D eigenvalue weighted by Crippen LogP contribution is -2.54. The van der Waals surface area contributed by atoms with E-state index in [2.05, 4.69) is 10.3 Å².